The van der Waals surface area contributed by atoms with Crippen LogP contribution in [0.3, 0.4) is 0 Å². The van der Waals surface area contributed by atoms with Crippen molar-refractivity contribution in [3.63, 3.8) is 0 Å². The van der Waals surface area contributed by atoms with Crippen molar-refractivity contribution in [2.75, 3.05) is 32.7 Å². The first kappa shape index (κ1) is 15.4. The van der Waals surface area contributed by atoms with E-state index >= 15 is 0 Å². The number of urea groups is 1. The number of carbonyl (C=O) groups excluding carboxylic acids is 3. The predicted octanol–water partition coefficient (Wildman–Crippen LogP) is -2.02. The number of likely N-dealkylation sites (N-methyl/N-ethyl adjacent to an activating group) is 1. The maximum atomic E-state index is 11.9. The monoisotopic (exact) mass is 271 g/mol. The Morgan fingerprint density at radius 1 is 1.42 bits per heavy atom. The van der Waals surface area contributed by atoms with Crippen LogP contribution in [0.2, 0.25) is 0 Å². The molecule has 8 heteroatoms. The number of rotatable bonds is 5. The zero-order valence-electron chi connectivity index (χ0n) is 11.1. The van der Waals surface area contributed by atoms with Gasteiger partial charge in [0.15, 0.2) is 0 Å². The van der Waals surface area contributed by atoms with E-state index in [-0.39, 0.29) is 18.4 Å². The first-order valence-electron chi connectivity index (χ1n) is 6.36. The third kappa shape index (κ3) is 5.23. The van der Waals surface area contributed by atoms with Crippen molar-refractivity contribution >= 4 is 17.8 Å². The Morgan fingerprint density at radius 2 is 2.16 bits per heavy atom. The van der Waals surface area contributed by atoms with E-state index in [0.717, 1.165) is 6.54 Å². The molecule has 1 fully saturated rings. The Morgan fingerprint density at radius 3 is 2.79 bits per heavy atom. The topological polar surface area (TPSA) is 117 Å². The van der Waals surface area contributed by atoms with Gasteiger partial charge in [-0.25, -0.2) is 4.79 Å². The van der Waals surface area contributed by atoms with Gasteiger partial charge >= 0.3 is 6.03 Å². The van der Waals surface area contributed by atoms with Crippen LogP contribution in [0.4, 0.5) is 4.79 Å². The van der Waals surface area contributed by atoms with Gasteiger partial charge in [0.1, 0.15) is 6.04 Å². The maximum absolute atomic E-state index is 11.9. The molecule has 108 valence electrons. The van der Waals surface area contributed by atoms with E-state index in [1.165, 1.54) is 0 Å². The van der Waals surface area contributed by atoms with E-state index in [2.05, 4.69) is 10.6 Å². The number of nitrogens with zero attached hydrogens (tertiary/aromatic N) is 1. The van der Waals surface area contributed by atoms with E-state index in [1.807, 2.05) is 17.1 Å². The molecule has 1 aliphatic heterocycles. The Hall–Kier alpha value is -1.67. The van der Waals surface area contributed by atoms with E-state index in [1.54, 1.807) is 0 Å². The molecule has 0 saturated carbocycles. The van der Waals surface area contributed by atoms with E-state index < -0.39 is 11.9 Å². The molecule has 0 aliphatic carbocycles. The van der Waals surface area contributed by atoms with Crippen LogP contribution in [0.1, 0.15) is 13.3 Å². The Balaban J connectivity index is 2.46. The normalized spacial score (nSPS) is 19.7. The van der Waals surface area contributed by atoms with Crippen LogP contribution in [-0.4, -0.2) is 61.5 Å². The molecule has 0 spiro atoms. The highest BCUT2D eigenvalue weighted by Gasteiger charge is 2.28. The van der Waals surface area contributed by atoms with Crippen molar-refractivity contribution in [3.8, 4) is 0 Å². The van der Waals surface area contributed by atoms with Gasteiger partial charge in [0.25, 0.3) is 0 Å². The lowest BCUT2D eigenvalue weighted by molar-refractivity contribution is -0.128. The first-order valence-corrected chi connectivity index (χ1v) is 6.36. The van der Waals surface area contributed by atoms with Crippen LogP contribution in [0.5, 0.6) is 0 Å². The molecular weight excluding hydrogens is 250 g/mol. The first-order chi connectivity index (χ1) is 9.04. The zero-order valence-corrected chi connectivity index (χ0v) is 11.1. The molecule has 0 bridgehead atoms. The molecule has 5 N–H and O–H groups in total. The van der Waals surface area contributed by atoms with Gasteiger partial charge in [-0.3, -0.25) is 19.8 Å². The van der Waals surface area contributed by atoms with Crippen LogP contribution in [0, 0.1) is 0 Å². The molecular formula is C11H21N5O3. The molecule has 19 heavy (non-hydrogen) atoms. The Labute approximate surface area is 112 Å². The second kappa shape index (κ2) is 7.70. The molecule has 1 atom stereocenters. The van der Waals surface area contributed by atoms with Gasteiger partial charge in [-0.2, -0.15) is 0 Å². The van der Waals surface area contributed by atoms with E-state index in [0.29, 0.717) is 26.2 Å². The number of amides is 4. The van der Waals surface area contributed by atoms with Gasteiger partial charge in [0, 0.05) is 39.1 Å². The highest BCUT2D eigenvalue weighted by atomic mass is 16.2. The van der Waals surface area contributed by atoms with Crippen molar-refractivity contribution in [2.24, 2.45) is 5.73 Å². The largest absolute Gasteiger partial charge is 0.355 e. The second-order valence-electron chi connectivity index (χ2n) is 4.31. The number of carbonyl (C=O) groups is 3. The van der Waals surface area contributed by atoms with E-state index in [9.17, 15) is 14.4 Å². The van der Waals surface area contributed by atoms with Crippen LogP contribution in [0.25, 0.3) is 0 Å². The summed E-state index contributed by atoms with van der Waals surface area (Å²) in [6, 6.07) is -1.14. The molecule has 1 unspecified atom stereocenters. The van der Waals surface area contributed by atoms with Gasteiger partial charge < -0.3 is 16.4 Å². The number of imide groups is 1. The summed E-state index contributed by atoms with van der Waals surface area (Å²) in [5.41, 5.74) is 4.86. The van der Waals surface area contributed by atoms with E-state index in [4.69, 9.17) is 5.73 Å². The fraction of sp³-hybridized carbons (Fsp3) is 0.727. The molecule has 1 saturated heterocycles. The Kier molecular flexibility index (Phi) is 6.23. The summed E-state index contributed by atoms with van der Waals surface area (Å²) in [5, 5.41) is 7.93. The summed E-state index contributed by atoms with van der Waals surface area (Å²) in [7, 11) is 0. The molecule has 1 heterocycles. The third-order valence-electron chi connectivity index (χ3n) is 2.90. The molecule has 1 rings (SSSR count). The molecule has 8 nitrogen and oxygen atoms in total. The number of hydrogen-bond donors (Lipinski definition) is 4. The van der Waals surface area contributed by atoms with Crippen LogP contribution < -0.4 is 21.7 Å². The van der Waals surface area contributed by atoms with Crippen molar-refractivity contribution in [1.29, 1.82) is 0 Å². The fourth-order valence-corrected chi connectivity index (χ4v) is 2.01. The van der Waals surface area contributed by atoms with Gasteiger partial charge in [-0.05, 0) is 6.92 Å². The van der Waals surface area contributed by atoms with Gasteiger partial charge in [-0.1, -0.05) is 0 Å². The number of nitrogens with two attached hydrogens (primary N) is 1. The fourth-order valence-electron chi connectivity index (χ4n) is 2.01. The average molecular weight is 271 g/mol. The van der Waals surface area contributed by atoms with Gasteiger partial charge in [0.05, 0.1) is 0 Å². The lowest BCUT2D eigenvalue weighted by Gasteiger charge is -2.34. The summed E-state index contributed by atoms with van der Waals surface area (Å²) >= 11 is 0. The lowest BCUT2D eigenvalue weighted by atomic mass is 10.1. The highest BCUT2D eigenvalue weighted by Crippen LogP contribution is 2.04. The summed E-state index contributed by atoms with van der Waals surface area (Å²) in [6.07, 6.45) is 0.138. The van der Waals surface area contributed by atoms with Gasteiger partial charge in [0.2, 0.25) is 11.8 Å². The minimum atomic E-state index is -0.856. The van der Waals surface area contributed by atoms with Crippen LogP contribution in [0.15, 0.2) is 0 Å². The summed E-state index contributed by atoms with van der Waals surface area (Å²) in [5.74, 6) is -0.481. The quantitative estimate of drug-likeness (QED) is 0.460. The molecule has 0 aromatic heterocycles. The van der Waals surface area contributed by atoms with Crippen molar-refractivity contribution in [3.05, 3.63) is 0 Å². The number of primary amides is 1. The molecule has 0 aromatic rings. The lowest BCUT2D eigenvalue weighted by Crippen LogP contribution is -2.58. The van der Waals surface area contributed by atoms with Crippen molar-refractivity contribution < 1.29 is 14.4 Å². The van der Waals surface area contributed by atoms with Gasteiger partial charge in [-0.15, -0.1) is 0 Å². The smallest absolute Gasteiger partial charge is 0.318 e. The highest BCUT2D eigenvalue weighted by molar-refractivity contribution is 5.93. The molecule has 0 aromatic carbocycles. The zero-order chi connectivity index (χ0) is 14.3. The molecule has 1 aliphatic rings. The SMILES string of the molecule is CCNC(=O)C1CNCCN1CCC(=O)NC(N)=O. The van der Waals surface area contributed by atoms with Crippen LogP contribution in [-0.2, 0) is 9.59 Å². The number of nitrogens with one attached hydrogen (secondary N) is 3. The third-order valence-corrected chi connectivity index (χ3v) is 2.90. The summed E-state index contributed by atoms with van der Waals surface area (Å²) in [4.78, 5) is 35.7. The average Bonchev–Trinajstić information content (AvgIpc) is 2.36. The molecule has 4 amide bonds. The second-order valence-corrected chi connectivity index (χ2v) is 4.31. The molecule has 0 radical (unpaired) electrons. The standard InChI is InChI=1S/C11H21N5O3/c1-2-14-10(18)8-7-13-4-6-16(8)5-3-9(17)15-11(12)19/h8,13H,2-7H2,1H3,(H,14,18)(H3,12,15,17,19). The van der Waals surface area contributed by atoms with Crippen molar-refractivity contribution in [2.45, 2.75) is 19.4 Å². The Bertz CT molecular complexity index is 347. The maximum Gasteiger partial charge on any atom is 0.318 e. The predicted molar refractivity (Wildman–Crippen MR) is 69.3 cm³/mol. The minimum absolute atomic E-state index is 0.0509. The minimum Gasteiger partial charge on any atom is -0.355 e. The van der Waals surface area contributed by atoms with Crippen LogP contribution >= 0.6 is 0 Å². The summed E-state index contributed by atoms with van der Waals surface area (Å²) in [6.45, 7) is 4.87. The number of piperazine rings is 1. The summed E-state index contributed by atoms with van der Waals surface area (Å²) < 4.78 is 0. The van der Waals surface area contributed by atoms with Crippen molar-refractivity contribution in [1.82, 2.24) is 20.9 Å². The number of hydrogen-bond acceptors (Lipinski definition) is 5.